The fourth-order valence-electron chi connectivity index (χ4n) is 2.33. The Hall–Kier alpha value is -3.04. The molecule has 3 rings (SSSR count). The summed E-state index contributed by atoms with van der Waals surface area (Å²) in [5.74, 6) is -1.47. The zero-order valence-electron chi connectivity index (χ0n) is 14.9. The largest absolute Gasteiger partial charge is 0.443 e. The van der Waals surface area contributed by atoms with Crippen molar-refractivity contribution in [1.29, 1.82) is 0 Å². The maximum atomic E-state index is 12.6. The van der Waals surface area contributed by atoms with Gasteiger partial charge in [0.1, 0.15) is 5.01 Å². The van der Waals surface area contributed by atoms with E-state index in [4.69, 9.17) is 4.74 Å². The van der Waals surface area contributed by atoms with Gasteiger partial charge in [-0.1, -0.05) is 36.4 Å². The molecule has 1 aromatic carbocycles. The van der Waals surface area contributed by atoms with Gasteiger partial charge in [0.05, 0.1) is 4.88 Å². The summed E-state index contributed by atoms with van der Waals surface area (Å²) in [7, 11) is 0. The summed E-state index contributed by atoms with van der Waals surface area (Å²) in [4.78, 5) is 42.0. The van der Waals surface area contributed by atoms with Crippen molar-refractivity contribution in [2.24, 2.45) is 0 Å². The molecule has 0 saturated carbocycles. The highest BCUT2D eigenvalue weighted by molar-refractivity contribution is 7.20. The minimum atomic E-state index is -1.27. The Labute approximate surface area is 169 Å². The van der Waals surface area contributed by atoms with E-state index in [1.165, 1.54) is 22.7 Å². The van der Waals surface area contributed by atoms with Crippen molar-refractivity contribution in [3.63, 3.8) is 0 Å². The van der Waals surface area contributed by atoms with Crippen molar-refractivity contribution in [2.75, 3.05) is 6.54 Å². The number of amides is 3. The molecule has 2 N–H and O–H groups in total. The van der Waals surface area contributed by atoms with Gasteiger partial charge in [-0.3, -0.25) is 10.1 Å². The lowest BCUT2D eigenvalue weighted by molar-refractivity contribution is -0.129. The van der Waals surface area contributed by atoms with E-state index < -0.39 is 24.0 Å². The van der Waals surface area contributed by atoms with Gasteiger partial charge in [0, 0.05) is 17.5 Å². The van der Waals surface area contributed by atoms with Crippen LogP contribution in [0.15, 0.2) is 53.2 Å². The number of thiazole rings is 1. The summed E-state index contributed by atoms with van der Waals surface area (Å²) in [5, 5.41) is 8.85. The summed E-state index contributed by atoms with van der Waals surface area (Å²) >= 11 is 2.83. The molecule has 7 nitrogen and oxygen atoms in total. The Morgan fingerprint density at radius 2 is 1.89 bits per heavy atom. The Bertz CT molecular complexity index is 955. The molecule has 28 heavy (non-hydrogen) atoms. The molecule has 9 heteroatoms. The number of ether oxygens (including phenoxy) is 1. The Kier molecular flexibility index (Phi) is 6.51. The SMILES string of the molecule is CCNC(=O)NC(=O)[C@@H](OC(=O)c1csc(-c2cccs2)n1)c1ccccc1. The molecule has 2 heterocycles. The number of nitrogens with zero attached hydrogens (tertiary/aromatic N) is 1. The van der Waals surface area contributed by atoms with E-state index in [1.807, 2.05) is 17.5 Å². The van der Waals surface area contributed by atoms with Gasteiger partial charge in [-0.2, -0.15) is 0 Å². The van der Waals surface area contributed by atoms with E-state index in [-0.39, 0.29) is 5.69 Å². The van der Waals surface area contributed by atoms with Crippen LogP contribution >= 0.6 is 22.7 Å². The first-order chi connectivity index (χ1) is 13.6. The van der Waals surface area contributed by atoms with Crippen LogP contribution in [0.25, 0.3) is 9.88 Å². The quantitative estimate of drug-likeness (QED) is 0.600. The zero-order chi connectivity index (χ0) is 19.9. The predicted molar refractivity (Wildman–Crippen MR) is 107 cm³/mol. The molecular formula is C19H17N3O4S2. The van der Waals surface area contributed by atoms with Gasteiger partial charge in [-0.15, -0.1) is 22.7 Å². The molecule has 0 spiro atoms. The summed E-state index contributed by atoms with van der Waals surface area (Å²) < 4.78 is 5.41. The van der Waals surface area contributed by atoms with Crippen molar-refractivity contribution in [2.45, 2.75) is 13.0 Å². The number of aromatic nitrogens is 1. The second-order valence-electron chi connectivity index (χ2n) is 5.56. The molecule has 0 unspecified atom stereocenters. The molecule has 0 aliphatic carbocycles. The highest BCUT2D eigenvalue weighted by Gasteiger charge is 2.28. The summed E-state index contributed by atoms with van der Waals surface area (Å²) in [5.41, 5.74) is 0.562. The molecule has 0 aliphatic rings. The van der Waals surface area contributed by atoms with E-state index in [9.17, 15) is 14.4 Å². The van der Waals surface area contributed by atoms with Crippen molar-refractivity contribution >= 4 is 40.6 Å². The van der Waals surface area contributed by atoms with Crippen LogP contribution in [0.5, 0.6) is 0 Å². The van der Waals surface area contributed by atoms with Gasteiger partial charge in [-0.05, 0) is 18.4 Å². The smallest absolute Gasteiger partial charge is 0.358 e. The average Bonchev–Trinajstić information content (AvgIpc) is 3.38. The standard InChI is InChI=1S/C19H17N3O4S2/c1-2-20-19(25)22-16(23)15(12-7-4-3-5-8-12)26-18(24)13-11-28-17(21-13)14-9-6-10-27-14/h3-11,15H,2H2,1H3,(H2,20,22,23,25)/t15-/m0/s1. The topological polar surface area (TPSA) is 97.4 Å². The number of rotatable bonds is 6. The van der Waals surface area contributed by atoms with Gasteiger partial charge < -0.3 is 10.1 Å². The van der Waals surface area contributed by atoms with Crippen molar-refractivity contribution in [1.82, 2.24) is 15.6 Å². The van der Waals surface area contributed by atoms with Gasteiger partial charge in [0.15, 0.2) is 5.69 Å². The van der Waals surface area contributed by atoms with Crippen LogP contribution in [0.3, 0.4) is 0 Å². The highest BCUT2D eigenvalue weighted by Crippen LogP contribution is 2.28. The lowest BCUT2D eigenvalue weighted by Crippen LogP contribution is -2.42. The number of imide groups is 1. The zero-order valence-corrected chi connectivity index (χ0v) is 16.5. The van der Waals surface area contributed by atoms with E-state index in [2.05, 4.69) is 15.6 Å². The van der Waals surface area contributed by atoms with E-state index >= 15 is 0 Å². The van der Waals surface area contributed by atoms with Gasteiger partial charge in [-0.25, -0.2) is 14.6 Å². The maximum Gasteiger partial charge on any atom is 0.358 e. The molecule has 2 aromatic heterocycles. The molecule has 1 atom stereocenters. The Morgan fingerprint density at radius 3 is 2.57 bits per heavy atom. The fraction of sp³-hybridized carbons (Fsp3) is 0.158. The molecule has 144 valence electrons. The van der Waals surface area contributed by atoms with E-state index in [0.29, 0.717) is 17.1 Å². The average molecular weight is 415 g/mol. The Morgan fingerprint density at radius 1 is 1.11 bits per heavy atom. The van der Waals surface area contributed by atoms with Crippen molar-refractivity contribution < 1.29 is 19.1 Å². The number of urea groups is 1. The second kappa shape index (κ2) is 9.25. The molecule has 0 aliphatic heterocycles. The minimum absolute atomic E-state index is 0.111. The number of benzene rings is 1. The molecule has 0 bridgehead atoms. The van der Waals surface area contributed by atoms with Gasteiger partial charge >= 0.3 is 12.0 Å². The molecule has 0 radical (unpaired) electrons. The van der Waals surface area contributed by atoms with E-state index in [0.717, 1.165) is 4.88 Å². The second-order valence-corrected chi connectivity index (χ2v) is 7.37. The number of carbonyl (C=O) groups is 3. The first-order valence-corrected chi connectivity index (χ1v) is 10.2. The molecule has 3 aromatic rings. The molecule has 0 fully saturated rings. The number of hydrogen-bond acceptors (Lipinski definition) is 7. The highest BCUT2D eigenvalue weighted by atomic mass is 32.1. The molecule has 3 amide bonds. The lowest BCUT2D eigenvalue weighted by atomic mass is 10.1. The number of carbonyl (C=O) groups excluding carboxylic acids is 3. The fourth-order valence-corrected chi connectivity index (χ4v) is 3.93. The third-order valence-corrected chi connectivity index (χ3v) is 5.47. The van der Waals surface area contributed by atoms with Crippen LogP contribution < -0.4 is 10.6 Å². The third-order valence-electron chi connectivity index (χ3n) is 3.58. The van der Waals surface area contributed by atoms with Crippen LogP contribution in [-0.4, -0.2) is 29.4 Å². The predicted octanol–water partition coefficient (Wildman–Crippen LogP) is 3.62. The van der Waals surface area contributed by atoms with Crippen LogP contribution in [0, 0.1) is 0 Å². The van der Waals surface area contributed by atoms with Crippen LogP contribution in [0.1, 0.15) is 29.1 Å². The van der Waals surface area contributed by atoms with E-state index in [1.54, 1.807) is 42.6 Å². The summed E-state index contributed by atoms with van der Waals surface area (Å²) in [6.07, 6.45) is -1.27. The molecular weight excluding hydrogens is 398 g/mol. The minimum Gasteiger partial charge on any atom is -0.443 e. The lowest BCUT2D eigenvalue weighted by Gasteiger charge is -2.17. The maximum absolute atomic E-state index is 12.6. The summed E-state index contributed by atoms with van der Waals surface area (Å²) in [6, 6.07) is 11.7. The number of nitrogens with one attached hydrogen (secondary N) is 2. The number of hydrogen-bond donors (Lipinski definition) is 2. The van der Waals surface area contributed by atoms with Crippen molar-refractivity contribution in [3.05, 3.63) is 64.5 Å². The Balaban J connectivity index is 1.78. The monoisotopic (exact) mass is 415 g/mol. The molecule has 0 saturated heterocycles. The first kappa shape index (κ1) is 19.7. The van der Waals surface area contributed by atoms with Crippen LogP contribution in [-0.2, 0) is 9.53 Å². The number of thiophene rings is 1. The van der Waals surface area contributed by atoms with Gasteiger partial charge in [0.2, 0.25) is 6.10 Å². The normalized spacial score (nSPS) is 11.5. The summed E-state index contributed by atoms with van der Waals surface area (Å²) in [6.45, 7) is 2.09. The first-order valence-electron chi connectivity index (χ1n) is 8.42. The number of esters is 1. The van der Waals surface area contributed by atoms with Crippen LogP contribution in [0.2, 0.25) is 0 Å². The van der Waals surface area contributed by atoms with Gasteiger partial charge in [0.25, 0.3) is 5.91 Å². The third kappa shape index (κ3) is 4.81. The van der Waals surface area contributed by atoms with Crippen molar-refractivity contribution in [3.8, 4) is 9.88 Å². The van der Waals surface area contributed by atoms with Crippen LogP contribution in [0.4, 0.5) is 4.79 Å².